The number of methoxy groups -OCH3 is 1. The van der Waals surface area contributed by atoms with E-state index in [-0.39, 0.29) is 11.5 Å². The van der Waals surface area contributed by atoms with E-state index in [1.165, 1.54) is 7.11 Å². The molecule has 4 nitrogen and oxygen atoms in total. The average Bonchev–Trinajstić information content (AvgIpc) is 2.59. The number of carbonyl (C=O) groups is 1. The lowest BCUT2D eigenvalue weighted by molar-refractivity contribution is 0.0601. The Morgan fingerprint density at radius 1 is 1.26 bits per heavy atom. The van der Waals surface area contributed by atoms with Gasteiger partial charge in [-0.05, 0) is 51.1 Å². The summed E-state index contributed by atoms with van der Waals surface area (Å²) in [4.78, 5) is 13.8. The van der Waals surface area contributed by atoms with Crippen LogP contribution < -0.4 is 10.2 Å². The van der Waals surface area contributed by atoms with Crippen molar-refractivity contribution in [3.05, 3.63) is 29.8 Å². The van der Waals surface area contributed by atoms with Crippen molar-refractivity contribution in [1.82, 2.24) is 5.32 Å². The Bertz CT molecular complexity index is 440. The minimum atomic E-state index is -0.289. The van der Waals surface area contributed by atoms with Crippen LogP contribution in [0.5, 0.6) is 0 Å². The van der Waals surface area contributed by atoms with Crippen molar-refractivity contribution in [2.45, 2.75) is 25.8 Å². The molecule has 4 heteroatoms. The maximum absolute atomic E-state index is 11.4. The minimum absolute atomic E-state index is 0.121. The molecule has 1 saturated heterocycles. The highest BCUT2D eigenvalue weighted by atomic mass is 16.5. The number of rotatable bonds is 2. The van der Waals surface area contributed by atoms with Crippen molar-refractivity contribution in [1.29, 1.82) is 0 Å². The quantitative estimate of drug-likeness (QED) is 0.828. The molecule has 19 heavy (non-hydrogen) atoms. The summed E-state index contributed by atoms with van der Waals surface area (Å²) in [5.41, 5.74) is 1.87. The summed E-state index contributed by atoms with van der Waals surface area (Å²) in [6.07, 6.45) is 1.10. The van der Waals surface area contributed by atoms with Gasteiger partial charge in [0.15, 0.2) is 0 Å². The lowest BCUT2D eigenvalue weighted by Crippen LogP contribution is -2.44. The Kier molecular flexibility index (Phi) is 4.10. The first-order valence-electron chi connectivity index (χ1n) is 6.71. The van der Waals surface area contributed by atoms with Crippen LogP contribution in [0.2, 0.25) is 0 Å². The van der Waals surface area contributed by atoms with E-state index in [9.17, 15) is 4.79 Å². The molecule has 0 bridgehead atoms. The number of nitrogens with zero attached hydrogens (tertiary/aromatic N) is 1. The van der Waals surface area contributed by atoms with Gasteiger partial charge in [-0.25, -0.2) is 4.79 Å². The maximum atomic E-state index is 11.4. The fraction of sp³-hybridized carbons (Fsp3) is 0.533. The fourth-order valence-electron chi connectivity index (χ4n) is 2.52. The number of carbonyl (C=O) groups excluding carboxylic acids is 1. The largest absolute Gasteiger partial charge is 0.465 e. The Morgan fingerprint density at radius 3 is 2.58 bits per heavy atom. The Hall–Kier alpha value is -1.55. The van der Waals surface area contributed by atoms with E-state index in [1.54, 1.807) is 0 Å². The van der Waals surface area contributed by atoms with Gasteiger partial charge in [0.05, 0.1) is 12.7 Å². The smallest absolute Gasteiger partial charge is 0.337 e. The number of ether oxygens (including phenoxy) is 1. The number of benzene rings is 1. The molecule has 0 atom stereocenters. The summed E-state index contributed by atoms with van der Waals surface area (Å²) in [6.45, 7) is 7.53. The molecule has 0 amide bonds. The molecule has 0 aromatic heterocycles. The van der Waals surface area contributed by atoms with Crippen molar-refractivity contribution in [2.24, 2.45) is 0 Å². The van der Waals surface area contributed by atoms with Crippen LogP contribution in [0.3, 0.4) is 0 Å². The highest BCUT2D eigenvalue weighted by Gasteiger charge is 2.28. The molecule has 104 valence electrons. The van der Waals surface area contributed by atoms with Gasteiger partial charge in [-0.1, -0.05) is 0 Å². The van der Waals surface area contributed by atoms with Crippen LogP contribution in [0.1, 0.15) is 30.6 Å². The van der Waals surface area contributed by atoms with Crippen LogP contribution in [0, 0.1) is 0 Å². The SMILES string of the molecule is COC(=O)c1ccc(N2CCNCCC2(C)C)cc1. The normalized spacial score (nSPS) is 18.8. The van der Waals surface area contributed by atoms with Crippen LogP contribution in [0.4, 0.5) is 5.69 Å². The second-order valence-electron chi connectivity index (χ2n) is 5.50. The Balaban J connectivity index is 2.22. The molecule has 0 unspecified atom stereocenters. The van der Waals surface area contributed by atoms with Gasteiger partial charge in [0.2, 0.25) is 0 Å². The predicted molar refractivity (Wildman–Crippen MR) is 76.7 cm³/mol. The molecule has 2 rings (SSSR count). The van der Waals surface area contributed by atoms with Crippen LogP contribution in [0.25, 0.3) is 0 Å². The van der Waals surface area contributed by atoms with E-state index in [2.05, 4.69) is 24.1 Å². The monoisotopic (exact) mass is 262 g/mol. The van der Waals surface area contributed by atoms with Crippen molar-refractivity contribution in [3.8, 4) is 0 Å². The summed E-state index contributed by atoms with van der Waals surface area (Å²) in [5, 5.41) is 3.43. The Labute approximate surface area is 114 Å². The molecule has 0 aliphatic carbocycles. The zero-order chi connectivity index (χ0) is 13.9. The molecule has 1 heterocycles. The number of esters is 1. The molecular weight excluding hydrogens is 240 g/mol. The van der Waals surface area contributed by atoms with Gasteiger partial charge in [-0.15, -0.1) is 0 Å². The zero-order valence-corrected chi connectivity index (χ0v) is 11.9. The molecule has 1 aliphatic heterocycles. The van der Waals surface area contributed by atoms with Crippen molar-refractivity contribution in [3.63, 3.8) is 0 Å². The van der Waals surface area contributed by atoms with Crippen molar-refractivity contribution < 1.29 is 9.53 Å². The second kappa shape index (κ2) is 5.61. The van der Waals surface area contributed by atoms with Crippen molar-refractivity contribution >= 4 is 11.7 Å². The fourth-order valence-corrected chi connectivity index (χ4v) is 2.52. The summed E-state index contributed by atoms with van der Waals surface area (Å²) >= 11 is 0. The van der Waals surface area contributed by atoms with Gasteiger partial charge in [0, 0.05) is 24.3 Å². The molecule has 1 N–H and O–H groups in total. The highest BCUT2D eigenvalue weighted by molar-refractivity contribution is 5.89. The minimum Gasteiger partial charge on any atom is -0.465 e. The maximum Gasteiger partial charge on any atom is 0.337 e. The summed E-state index contributed by atoms with van der Waals surface area (Å²) in [7, 11) is 1.40. The van der Waals surface area contributed by atoms with Crippen molar-refractivity contribution in [2.75, 3.05) is 31.6 Å². The van der Waals surface area contributed by atoms with Gasteiger partial charge in [0.25, 0.3) is 0 Å². The molecule has 1 fully saturated rings. The van der Waals surface area contributed by atoms with Crippen LogP contribution in [-0.4, -0.2) is 38.3 Å². The number of anilines is 1. The summed E-state index contributed by atoms with van der Waals surface area (Å²) < 4.78 is 4.72. The second-order valence-corrected chi connectivity index (χ2v) is 5.50. The highest BCUT2D eigenvalue weighted by Crippen LogP contribution is 2.27. The van der Waals surface area contributed by atoms with Gasteiger partial charge >= 0.3 is 5.97 Å². The first-order valence-corrected chi connectivity index (χ1v) is 6.71. The zero-order valence-electron chi connectivity index (χ0n) is 11.9. The van der Waals surface area contributed by atoms with Gasteiger partial charge in [-0.2, -0.15) is 0 Å². The summed E-state index contributed by atoms with van der Waals surface area (Å²) in [5.74, 6) is -0.289. The molecule has 0 saturated carbocycles. The molecule has 0 spiro atoms. The number of hydrogen-bond acceptors (Lipinski definition) is 4. The molecule has 0 radical (unpaired) electrons. The van der Waals surface area contributed by atoms with Crippen LogP contribution in [-0.2, 0) is 4.74 Å². The third-order valence-electron chi connectivity index (χ3n) is 3.76. The van der Waals surface area contributed by atoms with E-state index in [4.69, 9.17) is 4.74 Å². The number of nitrogens with one attached hydrogen (secondary N) is 1. The van der Waals surface area contributed by atoms with E-state index in [0.717, 1.165) is 31.7 Å². The number of hydrogen-bond donors (Lipinski definition) is 1. The lowest BCUT2D eigenvalue weighted by Gasteiger charge is -2.39. The summed E-state index contributed by atoms with van der Waals surface area (Å²) in [6, 6.07) is 7.66. The topological polar surface area (TPSA) is 41.6 Å². The van der Waals surface area contributed by atoms with Gasteiger partial charge < -0.3 is 15.0 Å². The molecule has 1 aromatic carbocycles. The van der Waals surface area contributed by atoms with Crippen LogP contribution >= 0.6 is 0 Å². The van der Waals surface area contributed by atoms with E-state index >= 15 is 0 Å². The molecule has 1 aliphatic rings. The first kappa shape index (κ1) is 13.9. The lowest BCUT2D eigenvalue weighted by atomic mass is 9.97. The van der Waals surface area contributed by atoms with Gasteiger partial charge in [-0.3, -0.25) is 0 Å². The third-order valence-corrected chi connectivity index (χ3v) is 3.76. The molecular formula is C15H22N2O2. The van der Waals surface area contributed by atoms with Crippen LogP contribution in [0.15, 0.2) is 24.3 Å². The predicted octanol–water partition coefficient (Wildman–Crippen LogP) is 2.05. The first-order chi connectivity index (χ1) is 9.04. The van der Waals surface area contributed by atoms with Gasteiger partial charge in [0.1, 0.15) is 0 Å². The molecule has 1 aromatic rings. The third kappa shape index (κ3) is 3.07. The Morgan fingerprint density at radius 2 is 1.95 bits per heavy atom. The van der Waals surface area contributed by atoms with E-state index in [1.807, 2.05) is 24.3 Å². The van der Waals surface area contributed by atoms with E-state index in [0.29, 0.717) is 5.56 Å². The van der Waals surface area contributed by atoms with E-state index < -0.39 is 0 Å². The standard InChI is InChI=1S/C15H22N2O2/c1-15(2)8-9-16-10-11-17(15)13-6-4-12(5-7-13)14(18)19-3/h4-7,16H,8-11H2,1-3H3. The average molecular weight is 262 g/mol.